The zero-order chi connectivity index (χ0) is 6.57. The smallest absolute Gasteiger partial charge is 2.00 e. The minimum absolute atomic E-state index is 0. The number of carbonyl (C=O) groups is 2. The van der Waals surface area contributed by atoms with Gasteiger partial charge in [0.05, 0.1) is 11.9 Å². The van der Waals surface area contributed by atoms with Crippen LogP contribution in [-0.4, -0.2) is 11.9 Å². The minimum atomic E-state index is -1.55. The van der Waals surface area contributed by atoms with Gasteiger partial charge < -0.3 is 25.3 Å². The Balaban J connectivity index is -0.000000245. The first-order valence-electron chi connectivity index (χ1n) is 1.73. The zero-order valence-electron chi connectivity index (χ0n) is 4.70. The molecule has 0 unspecified atom stereocenters. The average Bonchev–Trinajstić information content (AvgIpc) is 1.61. The Labute approximate surface area is 71.5 Å². The number of carboxylic acid groups (broad SMARTS) is 2. The molecular weight excluding hydrogens is 176 g/mol. The summed E-state index contributed by atoms with van der Waals surface area (Å²) in [5.74, 6) is -3.09. The maximum absolute atomic E-state index is 9.41. The molecule has 10 heavy (non-hydrogen) atoms. The van der Waals surface area contributed by atoms with Gasteiger partial charge in [-0.05, 0) is 12.2 Å². The van der Waals surface area contributed by atoms with Gasteiger partial charge >= 0.3 is 21.7 Å². The van der Waals surface area contributed by atoms with Crippen LogP contribution in [0.2, 0.25) is 0 Å². The summed E-state index contributed by atoms with van der Waals surface area (Å²) in [6.07, 6.45) is 0.769. The van der Waals surface area contributed by atoms with Crippen LogP contribution in [-0.2, 0) is 36.8 Å². The van der Waals surface area contributed by atoms with E-state index in [1.807, 2.05) is 0 Å². The van der Waals surface area contributed by atoms with E-state index >= 15 is 0 Å². The molecule has 0 atom stereocenters. The van der Waals surface area contributed by atoms with E-state index in [0.29, 0.717) is 12.2 Å². The Morgan fingerprint density at radius 2 is 1.20 bits per heavy atom. The number of hydrogen-bond donors (Lipinski definition) is 0. The van der Waals surface area contributed by atoms with Crippen LogP contribution in [0, 0.1) is 0 Å². The van der Waals surface area contributed by atoms with Gasteiger partial charge in [-0.3, -0.25) is 0 Å². The second-order valence-corrected chi connectivity index (χ2v) is 0.971. The summed E-state index contributed by atoms with van der Waals surface area (Å²) in [7, 11) is 0. The molecule has 0 spiro atoms. The molecule has 5 nitrogen and oxygen atoms in total. The van der Waals surface area contributed by atoms with Crippen molar-refractivity contribution in [2.24, 2.45) is 0 Å². The molecule has 0 aromatic heterocycles. The molecule has 0 heterocycles. The largest absolute Gasteiger partial charge is 4.00 e. The fraction of sp³-hybridized carbons (Fsp3) is 0. The maximum Gasteiger partial charge on any atom is 4.00 e. The average molecular weight is 178 g/mol. The second-order valence-electron chi connectivity index (χ2n) is 0.971. The van der Waals surface area contributed by atoms with Gasteiger partial charge in [0.2, 0.25) is 0 Å². The van der Waals surface area contributed by atoms with E-state index < -0.39 is 11.9 Å². The first kappa shape index (κ1) is 16.2. The van der Waals surface area contributed by atoms with Gasteiger partial charge in [0.15, 0.2) is 0 Å². The third-order valence-corrected chi connectivity index (χ3v) is 0.355. The van der Waals surface area contributed by atoms with Crippen molar-refractivity contribution in [1.29, 1.82) is 0 Å². The standard InChI is InChI=1S/C4H4O4.O.Ti/c5-3(6)1-2-4(7)8;;/h1-2H,(H,5,6)(H,7,8);;/q;-2;+4/p-2/b2-1-;;. The quantitative estimate of drug-likeness (QED) is 0.329. The normalized spacial score (nSPS) is 7.60. The Morgan fingerprint density at radius 3 is 1.30 bits per heavy atom. The van der Waals surface area contributed by atoms with Crippen molar-refractivity contribution in [2.75, 3.05) is 0 Å². The third kappa shape index (κ3) is 15.7. The van der Waals surface area contributed by atoms with E-state index in [4.69, 9.17) is 0 Å². The number of hydrogen-bond acceptors (Lipinski definition) is 4. The molecule has 0 N–H and O–H groups in total. The predicted molar refractivity (Wildman–Crippen MR) is 19.8 cm³/mol. The van der Waals surface area contributed by atoms with E-state index in [1.165, 1.54) is 0 Å². The van der Waals surface area contributed by atoms with Crippen molar-refractivity contribution < 1.29 is 47.0 Å². The predicted octanol–water partition coefficient (Wildman–Crippen LogP) is -3.08. The number of carboxylic acids is 2. The number of carbonyl (C=O) groups excluding carboxylic acids is 2. The number of aliphatic carboxylic acids is 2. The van der Waals surface area contributed by atoms with Gasteiger partial charge in [0.25, 0.3) is 0 Å². The van der Waals surface area contributed by atoms with Gasteiger partial charge in [-0.15, -0.1) is 0 Å². The van der Waals surface area contributed by atoms with Gasteiger partial charge in [-0.25, -0.2) is 0 Å². The van der Waals surface area contributed by atoms with Crippen LogP contribution in [0.15, 0.2) is 12.2 Å². The molecule has 0 radical (unpaired) electrons. The molecule has 0 saturated heterocycles. The zero-order valence-corrected chi connectivity index (χ0v) is 6.26. The van der Waals surface area contributed by atoms with Crippen LogP contribution < -0.4 is 10.2 Å². The Kier molecular flexibility index (Phi) is 13.5. The molecule has 0 aliphatic carbocycles. The fourth-order valence-corrected chi connectivity index (χ4v) is 0.136. The molecule has 52 valence electrons. The Bertz CT molecular complexity index is 125. The van der Waals surface area contributed by atoms with Crippen LogP contribution in [0.1, 0.15) is 0 Å². The van der Waals surface area contributed by atoms with Crippen molar-refractivity contribution in [3.63, 3.8) is 0 Å². The Morgan fingerprint density at radius 1 is 1.00 bits per heavy atom. The van der Waals surface area contributed by atoms with E-state index in [1.54, 1.807) is 0 Å². The minimum Gasteiger partial charge on any atom is -2.00 e. The third-order valence-electron chi connectivity index (χ3n) is 0.355. The Hall–Kier alpha value is -0.646. The monoisotopic (exact) mass is 178 g/mol. The number of rotatable bonds is 2. The van der Waals surface area contributed by atoms with Gasteiger partial charge in [-0.2, -0.15) is 0 Å². The maximum atomic E-state index is 9.41. The van der Waals surface area contributed by atoms with Gasteiger partial charge in [0.1, 0.15) is 0 Å². The summed E-state index contributed by atoms with van der Waals surface area (Å²) < 4.78 is 0. The molecule has 0 saturated carbocycles. The summed E-state index contributed by atoms with van der Waals surface area (Å²) in [6.45, 7) is 0. The SMILES string of the molecule is O=C([O-])/C=C\C(=O)[O-].[O-2].[Ti+4]. The summed E-state index contributed by atoms with van der Waals surface area (Å²) in [5, 5.41) is 18.8. The molecule has 0 amide bonds. The van der Waals surface area contributed by atoms with Crippen molar-refractivity contribution in [3.05, 3.63) is 12.2 Å². The molecule has 0 bridgehead atoms. The molecule has 0 fully saturated rings. The summed E-state index contributed by atoms with van der Waals surface area (Å²) in [5.41, 5.74) is 0. The fourth-order valence-electron chi connectivity index (χ4n) is 0.136. The van der Waals surface area contributed by atoms with E-state index in [-0.39, 0.29) is 27.2 Å². The van der Waals surface area contributed by atoms with Gasteiger partial charge in [0, 0.05) is 0 Å². The van der Waals surface area contributed by atoms with Gasteiger partial charge in [-0.1, -0.05) is 0 Å². The van der Waals surface area contributed by atoms with Crippen LogP contribution in [0.5, 0.6) is 0 Å². The molecule has 0 aliphatic rings. The van der Waals surface area contributed by atoms with Crippen molar-refractivity contribution in [1.82, 2.24) is 0 Å². The van der Waals surface area contributed by atoms with Crippen molar-refractivity contribution in [2.45, 2.75) is 0 Å². The molecule has 6 heteroatoms. The van der Waals surface area contributed by atoms with E-state index in [2.05, 4.69) is 0 Å². The first-order chi connectivity index (χ1) is 3.63. The summed E-state index contributed by atoms with van der Waals surface area (Å²) >= 11 is 0. The van der Waals surface area contributed by atoms with Crippen LogP contribution >= 0.6 is 0 Å². The van der Waals surface area contributed by atoms with E-state index in [9.17, 15) is 19.8 Å². The second kappa shape index (κ2) is 8.35. The van der Waals surface area contributed by atoms with E-state index in [0.717, 1.165) is 0 Å². The van der Waals surface area contributed by atoms with Crippen LogP contribution in [0.3, 0.4) is 0 Å². The van der Waals surface area contributed by atoms with Crippen LogP contribution in [0.25, 0.3) is 0 Å². The summed E-state index contributed by atoms with van der Waals surface area (Å²) in [6, 6.07) is 0. The molecular formula is C4H2O5Ti. The molecule has 0 aromatic carbocycles. The van der Waals surface area contributed by atoms with Crippen molar-refractivity contribution >= 4 is 11.9 Å². The molecule has 0 aromatic rings. The topological polar surface area (TPSA) is 109 Å². The molecule has 0 aliphatic heterocycles. The van der Waals surface area contributed by atoms with Crippen LogP contribution in [0.4, 0.5) is 0 Å². The first-order valence-corrected chi connectivity index (χ1v) is 1.73. The summed E-state index contributed by atoms with van der Waals surface area (Å²) in [4.78, 5) is 18.8. The van der Waals surface area contributed by atoms with Crippen molar-refractivity contribution in [3.8, 4) is 0 Å². The molecule has 0 rings (SSSR count).